The number of rotatable bonds is 7. The average molecular weight is 271 g/mol. The number of carbonyl (C=O) groups is 1. The molecule has 1 fully saturated rings. The molecule has 0 saturated carbocycles. The van der Waals surface area contributed by atoms with Crippen molar-refractivity contribution in [2.24, 2.45) is 5.41 Å². The predicted molar refractivity (Wildman–Crippen MR) is 75.9 cm³/mol. The van der Waals surface area contributed by atoms with Crippen LogP contribution in [-0.4, -0.2) is 43.4 Å². The van der Waals surface area contributed by atoms with Crippen molar-refractivity contribution in [1.82, 2.24) is 4.90 Å². The molecule has 1 rings (SSSR count). The van der Waals surface area contributed by atoms with Gasteiger partial charge in [-0.25, -0.2) is 0 Å². The number of hydrogen-bond donors (Lipinski definition) is 0. The van der Waals surface area contributed by atoms with Crippen molar-refractivity contribution >= 4 is 5.91 Å². The molecule has 1 heterocycles. The van der Waals surface area contributed by atoms with E-state index in [0.29, 0.717) is 19.6 Å². The monoisotopic (exact) mass is 271 g/mol. The van der Waals surface area contributed by atoms with Crippen molar-refractivity contribution in [3.05, 3.63) is 0 Å². The predicted octanol–water partition coefficient (Wildman–Crippen LogP) is 2.81. The van der Waals surface area contributed by atoms with Gasteiger partial charge in [-0.2, -0.15) is 0 Å². The molecular weight excluding hydrogens is 242 g/mol. The Morgan fingerprint density at radius 1 is 1.21 bits per heavy atom. The van der Waals surface area contributed by atoms with Crippen LogP contribution >= 0.6 is 0 Å². The van der Waals surface area contributed by atoms with E-state index in [0.717, 1.165) is 32.4 Å². The highest BCUT2D eigenvalue weighted by Crippen LogP contribution is 2.30. The lowest BCUT2D eigenvalue weighted by Crippen LogP contribution is -2.34. The van der Waals surface area contributed by atoms with Crippen LogP contribution in [0.2, 0.25) is 0 Å². The second-order valence-corrected chi connectivity index (χ2v) is 5.92. The van der Waals surface area contributed by atoms with Crippen molar-refractivity contribution in [2.75, 3.05) is 26.3 Å². The van der Waals surface area contributed by atoms with Crippen molar-refractivity contribution < 1.29 is 14.3 Å². The number of hydrogen-bond acceptors (Lipinski definition) is 3. The Morgan fingerprint density at radius 2 is 1.84 bits per heavy atom. The topological polar surface area (TPSA) is 38.8 Å². The molecule has 1 aliphatic rings. The zero-order valence-electron chi connectivity index (χ0n) is 12.9. The van der Waals surface area contributed by atoms with E-state index in [1.165, 1.54) is 0 Å². The van der Waals surface area contributed by atoms with E-state index >= 15 is 0 Å². The second-order valence-electron chi connectivity index (χ2n) is 5.92. The fraction of sp³-hybridized carbons (Fsp3) is 0.933. The molecule has 0 aliphatic carbocycles. The van der Waals surface area contributed by atoms with Crippen LogP contribution in [0, 0.1) is 5.41 Å². The summed E-state index contributed by atoms with van der Waals surface area (Å²) in [6.45, 7) is 11.3. The van der Waals surface area contributed by atoms with Gasteiger partial charge in [0.05, 0.1) is 0 Å². The summed E-state index contributed by atoms with van der Waals surface area (Å²) in [5, 5.41) is 0. The first kappa shape index (κ1) is 16.4. The SMILES string of the molecule is CCOC(CCN1CCC(C)(C)CCC1=O)OCC. The Labute approximate surface area is 117 Å². The maximum absolute atomic E-state index is 12.1. The third kappa shape index (κ3) is 5.91. The highest BCUT2D eigenvalue weighted by Gasteiger charge is 2.27. The molecule has 4 nitrogen and oxygen atoms in total. The van der Waals surface area contributed by atoms with Crippen LogP contribution in [0.15, 0.2) is 0 Å². The van der Waals surface area contributed by atoms with Gasteiger partial charge in [0.1, 0.15) is 0 Å². The summed E-state index contributed by atoms with van der Waals surface area (Å²) in [7, 11) is 0. The quantitative estimate of drug-likeness (QED) is 0.668. The molecule has 0 aromatic rings. The lowest BCUT2D eigenvalue weighted by molar-refractivity contribution is -0.146. The van der Waals surface area contributed by atoms with E-state index in [1.807, 2.05) is 18.7 Å². The van der Waals surface area contributed by atoms with Gasteiger partial charge in [0.25, 0.3) is 0 Å². The molecule has 19 heavy (non-hydrogen) atoms. The second kappa shape index (κ2) is 7.85. The fourth-order valence-electron chi connectivity index (χ4n) is 2.38. The highest BCUT2D eigenvalue weighted by molar-refractivity contribution is 5.76. The summed E-state index contributed by atoms with van der Waals surface area (Å²) in [4.78, 5) is 14.0. The molecule has 0 unspecified atom stereocenters. The number of ether oxygens (including phenoxy) is 2. The molecule has 112 valence electrons. The van der Waals surface area contributed by atoms with Gasteiger partial charge < -0.3 is 14.4 Å². The van der Waals surface area contributed by atoms with E-state index < -0.39 is 0 Å². The van der Waals surface area contributed by atoms with Gasteiger partial charge in [0.15, 0.2) is 6.29 Å². The summed E-state index contributed by atoms with van der Waals surface area (Å²) in [5.74, 6) is 0.275. The molecule has 0 bridgehead atoms. The molecule has 0 atom stereocenters. The average Bonchev–Trinajstić information content (AvgIpc) is 2.48. The summed E-state index contributed by atoms with van der Waals surface area (Å²) < 4.78 is 11.0. The number of carbonyl (C=O) groups excluding carboxylic acids is 1. The van der Waals surface area contributed by atoms with Gasteiger partial charge in [-0.05, 0) is 32.1 Å². The third-order valence-corrected chi connectivity index (χ3v) is 3.77. The minimum absolute atomic E-state index is 0.181. The minimum atomic E-state index is -0.181. The molecule has 1 amide bonds. The normalized spacial score (nSPS) is 19.8. The third-order valence-electron chi connectivity index (χ3n) is 3.77. The van der Waals surface area contributed by atoms with Crippen LogP contribution in [0.25, 0.3) is 0 Å². The van der Waals surface area contributed by atoms with Gasteiger partial charge >= 0.3 is 0 Å². The lowest BCUT2D eigenvalue weighted by atomic mass is 9.85. The van der Waals surface area contributed by atoms with Crippen molar-refractivity contribution in [3.63, 3.8) is 0 Å². The summed E-state index contributed by atoms with van der Waals surface area (Å²) in [6, 6.07) is 0. The van der Waals surface area contributed by atoms with Crippen LogP contribution < -0.4 is 0 Å². The number of nitrogens with zero attached hydrogens (tertiary/aromatic N) is 1. The van der Waals surface area contributed by atoms with E-state index in [9.17, 15) is 4.79 Å². The van der Waals surface area contributed by atoms with E-state index in [1.54, 1.807) is 0 Å². The lowest BCUT2D eigenvalue weighted by Gasteiger charge is -2.25. The molecule has 0 aromatic heterocycles. The van der Waals surface area contributed by atoms with Crippen LogP contribution in [0.3, 0.4) is 0 Å². The Hall–Kier alpha value is -0.610. The van der Waals surface area contributed by atoms with Gasteiger partial charge in [0.2, 0.25) is 5.91 Å². The number of likely N-dealkylation sites (tertiary alicyclic amines) is 1. The van der Waals surface area contributed by atoms with Crippen molar-refractivity contribution in [2.45, 2.75) is 59.7 Å². The molecule has 0 N–H and O–H groups in total. The van der Waals surface area contributed by atoms with E-state index in [-0.39, 0.29) is 17.6 Å². The smallest absolute Gasteiger partial charge is 0.222 e. The van der Waals surface area contributed by atoms with Crippen LogP contribution in [0.4, 0.5) is 0 Å². The van der Waals surface area contributed by atoms with Crippen LogP contribution in [0.1, 0.15) is 53.4 Å². The standard InChI is InChI=1S/C15H29NO3/c1-5-18-14(19-6-2)8-11-16-12-10-15(3,4)9-7-13(16)17/h14H,5-12H2,1-4H3. The van der Waals surface area contributed by atoms with Gasteiger partial charge in [-0.15, -0.1) is 0 Å². The Bertz CT molecular complexity index is 273. The summed E-state index contributed by atoms with van der Waals surface area (Å²) in [6.07, 6.45) is 3.31. The summed E-state index contributed by atoms with van der Waals surface area (Å²) >= 11 is 0. The molecule has 1 aliphatic heterocycles. The maximum atomic E-state index is 12.1. The Morgan fingerprint density at radius 3 is 2.42 bits per heavy atom. The van der Waals surface area contributed by atoms with E-state index in [4.69, 9.17) is 9.47 Å². The van der Waals surface area contributed by atoms with Gasteiger partial charge in [0, 0.05) is 39.1 Å². The fourth-order valence-corrected chi connectivity index (χ4v) is 2.38. The van der Waals surface area contributed by atoms with Crippen LogP contribution in [-0.2, 0) is 14.3 Å². The zero-order chi connectivity index (χ0) is 14.3. The molecule has 0 spiro atoms. The molecular formula is C15H29NO3. The first-order valence-electron chi connectivity index (χ1n) is 7.49. The van der Waals surface area contributed by atoms with Crippen LogP contribution in [0.5, 0.6) is 0 Å². The van der Waals surface area contributed by atoms with Gasteiger partial charge in [-0.3, -0.25) is 4.79 Å². The Balaban J connectivity index is 2.43. The maximum Gasteiger partial charge on any atom is 0.222 e. The van der Waals surface area contributed by atoms with Crippen molar-refractivity contribution in [1.29, 1.82) is 0 Å². The summed E-state index contributed by atoms with van der Waals surface area (Å²) in [5.41, 5.74) is 0.281. The molecule has 0 radical (unpaired) electrons. The Kier molecular flexibility index (Phi) is 6.80. The first-order valence-corrected chi connectivity index (χ1v) is 7.49. The van der Waals surface area contributed by atoms with E-state index in [2.05, 4.69) is 13.8 Å². The molecule has 0 aromatic carbocycles. The van der Waals surface area contributed by atoms with Gasteiger partial charge in [-0.1, -0.05) is 13.8 Å². The zero-order valence-corrected chi connectivity index (χ0v) is 12.9. The largest absolute Gasteiger partial charge is 0.353 e. The first-order chi connectivity index (χ1) is 8.98. The number of amides is 1. The molecule has 4 heteroatoms. The molecule has 1 saturated heterocycles. The van der Waals surface area contributed by atoms with Crippen molar-refractivity contribution in [3.8, 4) is 0 Å². The minimum Gasteiger partial charge on any atom is -0.353 e. The highest BCUT2D eigenvalue weighted by atomic mass is 16.7.